The fourth-order valence-corrected chi connectivity index (χ4v) is 3.98. The van der Waals surface area contributed by atoms with E-state index < -0.39 is 0 Å². The molecular weight excluding hydrogens is 448 g/mol. The van der Waals surface area contributed by atoms with E-state index in [4.69, 9.17) is 9.84 Å². The van der Waals surface area contributed by atoms with Crippen LogP contribution in [0.5, 0.6) is 5.75 Å². The highest BCUT2D eigenvalue weighted by Gasteiger charge is 2.11. The first-order valence-electron chi connectivity index (χ1n) is 12.3. The van der Waals surface area contributed by atoms with E-state index >= 15 is 0 Å². The van der Waals surface area contributed by atoms with E-state index in [0.717, 1.165) is 35.3 Å². The van der Waals surface area contributed by atoms with Crippen molar-refractivity contribution in [2.45, 2.75) is 39.5 Å². The van der Waals surface area contributed by atoms with Gasteiger partial charge in [0.25, 0.3) is 5.91 Å². The van der Waals surface area contributed by atoms with Crippen molar-refractivity contribution in [3.8, 4) is 22.7 Å². The maximum atomic E-state index is 12.3. The fourth-order valence-electron chi connectivity index (χ4n) is 3.98. The lowest BCUT2D eigenvalue weighted by Crippen LogP contribution is -2.24. The summed E-state index contributed by atoms with van der Waals surface area (Å²) >= 11 is 0. The molecule has 1 heterocycles. The lowest BCUT2D eigenvalue weighted by atomic mass is 9.97. The van der Waals surface area contributed by atoms with Crippen molar-refractivity contribution >= 4 is 12.1 Å². The van der Waals surface area contributed by atoms with Crippen molar-refractivity contribution in [1.29, 1.82) is 0 Å². The Balaban J connectivity index is 1.41. The smallest absolute Gasteiger partial charge is 0.277 e. The number of amides is 1. The van der Waals surface area contributed by atoms with E-state index in [-0.39, 0.29) is 12.5 Å². The number of para-hydroxylation sites is 1. The summed E-state index contributed by atoms with van der Waals surface area (Å²) in [5.74, 6) is 0.840. The molecule has 6 heteroatoms. The van der Waals surface area contributed by atoms with Crippen LogP contribution in [0.25, 0.3) is 16.9 Å². The standard InChI is InChI=1S/C30H32N4O2/c1-4-8-23(3)24-15-17-28(18-16-24)36-21-29(35)32-31-19-26-20-34(27-9-6-5-7-10-27)33-30(26)25-13-11-22(2)12-14-25/h5-7,9-20,23H,4,8,21H2,1-3H3,(H,32,35)/b31-19-/t23-/m1/s1. The Morgan fingerprint density at radius 2 is 1.78 bits per heavy atom. The van der Waals surface area contributed by atoms with Gasteiger partial charge in [0.1, 0.15) is 11.4 Å². The first kappa shape index (κ1) is 24.9. The van der Waals surface area contributed by atoms with Gasteiger partial charge in [0.05, 0.1) is 11.9 Å². The number of benzene rings is 3. The molecule has 0 saturated heterocycles. The summed E-state index contributed by atoms with van der Waals surface area (Å²) in [6, 6.07) is 26.0. The minimum atomic E-state index is -0.331. The van der Waals surface area contributed by atoms with Gasteiger partial charge in [-0.2, -0.15) is 10.2 Å². The number of aromatic nitrogens is 2. The van der Waals surface area contributed by atoms with Gasteiger partial charge in [0.15, 0.2) is 6.61 Å². The molecule has 0 unspecified atom stereocenters. The van der Waals surface area contributed by atoms with Crippen molar-refractivity contribution in [2.75, 3.05) is 6.61 Å². The van der Waals surface area contributed by atoms with Crippen LogP contribution in [0, 0.1) is 6.92 Å². The Bertz CT molecular complexity index is 1290. The van der Waals surface area contributed by atoms with Crippen LogP contribution in [0.3, 0.4) is 0 Å². The van der Waals surface area contributed by atoms with Gasteiger partial charge in [-0.25, -0.2) is 10.1 Å². The molecular formula is C30H32N4O2. The van der Waals surface area contributed by atoms with Gasteiger partial charge < -0.3 is 4.74 Å². The van der Waals surface area contributed by atoms with Gasteiger partial charge in [-0.3, -0.25) is 4.79 Å². The predicted octanol–water partition coefficient (Wildman–Crippen LogP) is 6.28. The van der Waals surface area contributed by atoms with E-state index in [1.54, 1.807) is 6.21 Å². The van der Waals surface area contributed by atoms with Crippen molar-refractivity contribution in [3.05, 3.63) is 102 Å². The zero-order valence-electron chi connectivity index (χ0n) is 21.0. The highest BCUT2D eigenvalue weighted by atomic mass is 16.5. The Morgan fingerprint density at radius 3 is 2.47 bits per heavy atom. The Labute approximate surface area is 212 Å². The van der Waals surface area contributed by atoms with E-state index in [2.05, 4.69) is 36.5 Å². The topological polar surface area (TPSA) is 68.5 Å². The van der Waals surface area contributed by atoms with Gasteiger partial charge >= 0.3 is 0 Å². The second-order valence-corrected chi connectivity index (χ2v) is 8.92. The minimum absolute atomic E-state index is 0.116. The summed E-state index contributed by atoms with van der Waals surface area (Å²) in [6.45, 7) is 6.34. The van der Waals surface area contributed by atoms with E-state index in [9.17, 15) is 4.79 Å². The van der Waals surface area contributed by atoms with Crippen LogP contribution < -0.4 is 10.2 Å². The van der Waals surface area contributed by atoms with E-state index in [1.807, 2.05) is 84.5 Å². The molecule has 0 spiro atoms. The van der Waals surface area contributed by atoms with Gasteiger partial charge in [-0.05, 0) is 49.1 Å². The van der Waals surface area contributed by atoms with Crippen molar-refractivity contribution in [1.82, 2.24) is 15.2 Å². The number of nitrogens with zero attached hydrogens (tertiary/aromatic N) is 3. The number of rotatable bonds is 10. The number of nitrogens with one attached hydrogen (secondary N) is 1. The molecule has 0 bridgehead atoms. The quantitative estimate of drug-likeness (QED) is 0.215. The van der Waals surface area contributed by atoms with Crippen LogP contribution in [0.2, 0.25) is 0 Å². The molecule has 1 aromatic heterocycles. The molecule has 3 aromatic carbocycles. The number of carbonyl (C=O) groups is 1. The Hall–Kier alpha value is -4.19. The average Bonchev–Trinajstić information content (AvgIpc) is 3.33. The molecule has 4 aromatic rings. The first-order chi connectivity index (χ1) is 17.5. The summed E-state index contributed by atoms with van der Waals surface area (Å²) < 4.78 is 7.44. The second-order valence-electron chi connectivity index (χ2n) is 8.92. The Morgan fingerprint density at radius 1 is 1.06 bits per heavy atom. The van der Waals surface area contributed by atoms with Crippen LogP contribution in [0.1, 0.15) is 49.3 Å². The maximum absolute atomic E-state index is 12.3. The third-order valence-electron chi connectivity index (χ3n) is 6.02. The summed E-state index contributed by atoms with van der Waals surface area (Å²) in [4.78, 5) is 12.3. The number of carbonyl (C=O) groups excluding carboxylic acids is 1. The molecule has 36 heavy (non-hydrogen) atoms. The monoisotopic (exact) mass is 480 g/mol. The molecule has 1 amide bonds. The summed E-state index contributed by atoms with van der Waals surface area (Å²) in [5, 5.41) is 8.94. The lowest BCUT2D eigenvalue weighted by molar-refractivity contribution is -0.123. The zero-order chi connectivity index (χ0) is 25.3. The number of hydrazone groups is 1. The summed E-state index contributed by atoms with van der Waals surface area (Å²) in [5.41, 5.74) is 8.50. The van der Waals surface area contributed by atoms with Crippen LogP contribution in [-0.4, -0.2) is 28.5 Å². The largest absolute Gasteiger partial charge is 0.484 e. The molecule has 0 aliphatic heterocycles. The molecule has 6 nitrogen and oxygen atoms in total. The number of ether oxygens (including phenoxy) is 1. The first-order valence-corrected chi connectivity index (χ1v) is 12.3. The van der Waals surface area contributed by atoms with Gasteiger partial charge in [0, 0.05) is 17.3 Å². The SMILES string of the molecule is CCC[C@@H](C)c1ccc(OCC(=O)N/N=C\c2cn(-c3ccccc3)nc2-c2ccc(C)cc2)cc1. The number of aryl methyl sites for hydroxylation is 1. The van der Waals surface area contributed by atoms with Crippen molar-refractivity contribution in [2.24, 2.45) is 5.10 Å². The molecule has 0 aliphatic rings. The van der Waals surface area contributed by atoms with Crippen LogP contribution in [0.15, 0.2) is 90.2 Å². The Kier molecular flexibility index (Phi) is 8.29. The highest BCUT2D eigenvalue weighted by molar-refractivity contribution is 5.89. The molecule has 184 valence electrons. The van der Waals surface area contributed by atoms with Crippen molar-refractivity contribution in [3.63, 3.8) is 0 Å². The molecule has 0 radical (unpaired) electrons. The fraction of sp³-hybridized carbons (Fsp3) is 0.233. The lowest BCUT2D eigenvalue weighted by Gasteiger charge is -2.11. The molecule has 4 rings (SSSR count). The average molecular weight is 481 g/mol. The summed E-state index contributed by atoms with van der Waals surface area (Å²) in [6.07, 6.45) is 5.82. The third kappa shape index (κ3) is 6.48. The molecule has 1 atom stereocenters. The number of hydrogen-bond acceptors (Lipinski definition) is 4. The zero-order valence-corrected chi connectivity index (χ0v) is 21.0. The minimum Gasteiger partial charge on any atom is -0.484 e. The highest BCUT2D eigenvalue weighted by Crippen LogP contribution is 2.24. The second kappa shape index (κ2) is 12.0. The van der Waals surface area contributed by atoms with Gasteiger partial charge in [-0.15, -0.1) is 0 Å². The molecule has 0 aliphatic carbocycles. The third-order valence-corrected chi connectivity index (χ3v) is 6.02. The van der Waals surface area contributed by atoms with Gasteiger partial charge in [0.2, 0.25) is 0 Å². The molecule has 0 fully saturated rings. The maximum Gasteiger partial charge on any atom is 0.277 e. The summed E-state index contributed by atoms with van der Waals surface area (Å²) in [7, 11) is 0. The molecule has 1 N–H and O–H groups in total. The number of hydrogen-bond donors (Lipinski definition) is 1. The normalized spacial score (nSPS) is 12.0. The van der Waals surface area contributed by atoms with Crippen LogP contribution in [0.4, 0.5) is 0 Å². The predicted molar refractivity (Wildman–Crippen MR) is 145 cm³/mol. The van der Waals surface area contributed by atoms with Crippen LogP contribution >= 0.6 is 0 Å². The molecule has 0 saturated carbocycles. The van der Waals surface area contributed by atoms with Crippen LogP contribution in [-0.2, 0) is 4.79 Å². The van der Waals surface area contributed by atoms with E-state index in [1.165, 1.54) is 11.1 Å². The van der Waals surface area contributed by atoms with Crippen molar-refractivity contribution < 1.29 is 9.53 Å². The van der Waals surface area contributed by atoms with Gasteiger partial charge in [-0.1, -0.05) is 80.4 Å². The van der Waals surface area contributed by atoms with E-state index in [0.29, 0.717) is 11.7 Å².